The van der Waals surface area contributed by atoms with Gasteiger partial charge in [0.1, 0.15) is 17.6 Å². The van der Waals surface area contributed by atoms with Gasteiger partial charge in [-0.05, 0) is 45.4 Å². The van der Waals surface area contributed by atoms with Crippen LogP contribution in [0.25, 0.3) is 0 Å². The number of nitrogens with zero attached hydrogens (tertiary/aromatic N) is 2. The second-order valence-corrected chi connectivity index (χ2v) is 10.8. The van der Waals surface area contributed by atoms with E-state index in [-0.39, 0.29) is 18.4 Å². The van der Waals surface area contributed by atoms with Crippen LogP contribution in [0, 0.1) is 11.8 Å². The van der Waals surface area contributed by atoms with Gasteiger partial charge >= 0.3 is 5.97 Å². The number of aliphatic hydroxyl groups excluding tert-OH is 1. The van der Waals surface area contributed by atoms with E-state index in [9.17, 15) is 14.4 Å². The summed E-state index contributed by atoms with van der Waals surface area (Å²) >= 11 is 0. The van der Waals surface area contributed by atoms with Crippen molar-refractivity contribution in [3.63, 3.8) is 0 Å². The second kappa shape index (κ2) is 11.5. The molecule has 4 heterocycles. The molecule has 2 amide bonds. The van der Waals surface area contributed by atoms with Gasteiger partial charge in [0.15, 0.2) is 0 Å². The third-order valence-electron chi connectivity index (χ3n) is 8.17. The van der Waals surface area contributed by atoms with Crippen molar-refractivity contribution in [3.8, 4) is 0 Å². The van der Waals surface area contributed by atoms with Crippen molar-refractivity contribution in [2.45, 2.75) is 88.9 Å². The number of esters is 1. The number of carbonyl (C=O) groups excluding carboxylic acids is 3. The normalized spacial score (nSPS) is 35.2. The number of hydrogen-bond acceptors (Lipinski definition) is 6. The number of likely N-dealkylation sites (tertiary alicyclic amines) is 1. The van der Waals surface area contributed by atoms with Gasteiger partial charge in [0, 0.05) is 26.2 Å². The van der Waals surface area contributed by atoms with Gasteiger partial charge in [-0.25, -0.2) is 0 Å². The molecule has 5 atom stereocenters. The molecule has 0 bridgehead atoms. The van der Waals surface area contributed by atoms with Crippen LogP contribution >= 0.6 is 0 Å². The first-order valence-corrected chi connectivity index (χ1v) is 13.8. The summed E-state index contributed by atoms with van der Waals surface area (Å²) in [7, 11) is 0. The Balaban J connectivity index is 1.73. The van der Waals surface area contributed by atoms with Gasteiger partial charge in [0.2, 0.25) is 11.8 Å². The van der Waals surface area contributed by atoms with Crippen molar-refractivity contribution in [2.24, 2.45) is 11.8 Å². The molecule has 200 valence electrons. The lowest BCUT2D eigenvalue weighted by Crippen LogP contribution is -2.56. The first-order chi connectivity index (χ1) is 17.4. The molecule has 0 aromatic carbocycles. The van der Waals surface area contributed by atoms with Crippen LogP contribution in [0.4, 0.5) is 0 Å². The van der Waals surface area contributed by atoms with Gasteiger partial charge < -0.3 is 24.4 Å². The van der Waals surface area contributed by atoms with Gasteiger partial charge in [-0.2, -0.15) is 0 Å². The quantitative estimate of drug-likeness (QED) is 0.296. The van der Waals surface area contributed by atoms with Crippen molar-refractivity contribution < 1.29 is 29.0 Å². The summed E-state index contributed by atoms with van der Waals surface area (Å²) in [6.07, 6.45) is 15.3. The monoisotopic (exact) mass is 502 g/mol. The van der Waals surface area contributed by atoms with Gasteiger partial charge in [-0.15, -0.1) is 0 Å². The molecule has 4 aliphatic heterocycles. The maximum absolute atomic E-state index is 14.1. The molecule has 0 aromatic heterocycles. The summed E-state index contributed by atoms with van der Waals surface area (Å²) < 4.78 is 12.5. The van der Waals surface area contributed by atoms with E-state index in [0.717, 1.165) is 57.8 Å². The fourth-order valence-electron chi connectivity index (χ4n) is 6.38. The maximum Gasteiger partial charge on any atom is 0.313 e. The van der Waals surface area contributed by atoms with Crippen molar-refractivity contribution in [3.05, 3.63) is 24.3 Å². The standard InChI is InChI=1S/C28H42N2O6/c1-3-4-16-29-17-13-15-28-21(22-26(34)35-20-12-8-5-9-14-27(22,2)36-28)24(32)30(23(28)25(29)33)18-10-6-7-11-19-31/h9,13-15,21-23,31H,3-8,10-12,16-20H2,1-2H3/b14-9-/t21-,22-,23?,27+,28-/m0/s1. The molecule has 0 aliphatic carbocycles. The zero-order valence-corrected chi connectivity index (χ0v) is 21.8. The maximum atomic E-state index is 14.1. The molecular weight excluding hydrogens is 460 g/mol. The third kappa shape index (κ3) is 4.86. The lowest BCUT2D eigenvalue weighted by atomic mass is 9.74. The predicted octanol–water partition coefficient (Wildman–Crippen LogP) is 2.99. The number of fused-ring (bicyclic) bond motifs is 2. The summed E-state index contributed by atoms with van der Waals surface area (Å²) in [6.45, 7) is 5.93. The van der Waals surface area contributed by atoms with Crippen LogP contribution in [0.5, 0.6) is 0 Å². The molecule has 36 heavy (non-hydrogen) atoms. The number of allylic oxidation sites excluding steroid dienone is 1. The zero-order chi connectivity index (χ0) is 25.8. The molecule has 1 N–H and O–H groups in total. The lowest BCUT2D eigenvalue weighted by Gasteiger charge is -2.37. The minimum absolute atomic E-state index is 0.107. The number of cyclic esters (lactones) is 1. The Labute approximate surface area is 214 Å². The topological polar surface area (TPSA) is 96.4 Å². The van der Waals surface area contributed by atoms with Crippen LogP contribution in [0.15, 0.2) is 24.3 Å². The van der Waals surface area contributed by atoms with Gasteiger partial charge in [0.05, 0.1) is 18.1 Å². The van der Waals surface area contributed by atoms with Crippen LogP contribution in [-0.4, -0.2) is 82.8 Å². The highest BCUT2D eigenvalue weighted by molar-refractivity contribution is 5.99. The van der Waals surface area contributed by atoms with Crippen LogP contribution < -0.4 is 0 Å². The minimum atomic E-state index is -1.21. The van der Waals surface area contributed by atoms with Gasteiger partial charge in [0.25, 0.3) is 0 Å². The zero-order valence-electron chi connectivity index (χ0n) is 21.8. The first-order valence-electron chi connectivity index (χ1n) is 13.8. The van der Waals surface area contributed by atoms with Crippen LogP contribution in [0.1, 0.15) is 71.6 Å². The Morgan fingerprint density at radius 2 is 1.78 bits per heavy atom. The highest BCUT2D eigenvalue weighted by atomic mass is 16.6. The van der Waals surface area contributed by atoms with E-state index in [2.05, 4.69) is 6.92 Å². The summed E-state index contributed by atoms with van der Waals surface area (Å²) in [4.78, 5) is 45.1. The SMILES string of the molecule is CCCCN1CC=C[C@]23O[C@]4(C)/C=C\CCCCOC(=O)[C@@H]4[C@H]2C(=O)N(CCCCCCO)C3C1=O. The minimum Gasteiger partial charge on any atom is -0.465 e. The molecule has 0 saturated carbocycles. The fourth-order valence-corrected chi connectivity index (χ4v) is 6.38. The fraction of sp³-hybridized carbons (Fsp3) is 0.750. The largest absolute Gasteiger partial charge is 0.465 e. The van der Waals surface area contributed by atoms with Gasteiger partial charge in [-0.3, -0.25) is 14.4 Å². The molecule has 8 heteroatoms. The molecule has 0 radical (unpaired) electrons. The number of unbranched alkanes of at least 4 members (excludes halogenated alkanes) is 4. The Bertz CT molecular complexity index is 887. The molecule has 4 rings (SSSR count). The van der Waals surface area contributed by atoms with Crippen molar-refractivity contribution in [1.82, 2.24) is 9.80 Å². The number of rotatable bonds is 9. The molecule has 2 fully saturated rings. The van der Waals surface area contributed by atoms with E-state index in [4.69, 9.17) is 14.6 Å². The Morgan fingerprint density at radius 1 is 0.972 bits per heavy atom. The van der Waals surface area contributed by atoms with E-state index < -0.39 is 35.0 Å². The van der Waals surface area contributed by atoms with E-state index in [0.29, 0.717) is 26.2 Å². The number of hydrogen-bond donors (Lipinski definition) is 1. The van der Waals surface area contributed by atoms with E-state index in [1.54, 1.807) is 4.90 Å². The molecule has 1 unspecified atom stereocenters. The second-order valence-electron chi connectivity index (χ2n) is 10.8. The lowest BCUT2D eigenvalue weighted by molar-refractivity contribution is -0.160. The average Bonchev–Trinajstić information content (AvgIpc) is 3.18. The Hall–Kier alpha value is -2.19. The van der Waals surface area contributed by atoms with Crippen molar-refractivity contribution in [1.29, 1.82) is 0 Å². The van der Waals surface area contributed by atoms with Crippen LogP contribution in [0.2, 0.25) is 0 Å². The molecule has 0 aromatic rings. The smallest absolute Gasteiger partial charge is 0.313 e. The highest BCUT2D eigenvalue weighted by Gasteiger charge is 2.74. The van der Waals surface area contributed by atoms with E-state index >= 15 is 0 Å². The number of carbonyl (C=O) groups is 3. The third-order valence-corrected chi connectivity index (χ3v) is 8.17. The molecular formula is C28H42N2O6. The molecule has 8 nitrogen and oxygen atoms in total. The van der Waals surface area contributed by atoms with Gasteiger partial charge in [-0.1, -0.05) is 50.5 Å². The molecule has 4 aliphatic rings. The summed E-state index contributed by atoms with van der Waals surface area (Å²) in [5, 5.41) is 9.10. The molecule has 2 saturated heterocycles. The summed E-state index contributed by atoms with van der Waals surface area (Å²) in [5.74, 6) is -2.36. The number of amides is 2. The van der Waals surface area contributed by atoms with Crippen molar-refractivity contribution >= 4 is 17.8 Å². The Kier molecular flexibility index (Phi) is 8.56. The summed E-state index contributed by atoms with van der Waals surface area (Å²) in [5.41, 5.74) is -2.25. The van der Waals surface area contributed by atoms with Crippen LogP contribution in [0.3, 0.4) is 0 Å². The highest BCUT2D eigenvalue weighted by Crippen LogP contribution is 2.57. The van der Waals surface area contributed by atoms with E-state index in [1.807, 2.05) is 36.1 Å². The number of aliphatic hydroxyl groups is 1. The van der Waals surface area contributed by atoms with Crippen LogP contribution in [-0.2, 0) is 23.9 Å². The Morgan fingerprint density at radius 3 is 2.56 bits per heavy atom. The average molecular weight is 503 g/mol. The molecule has 1 spiro atoms. The summed E-state index contributed by atoms with van der Waals surface area (Å²) in [6, 6.07) is -0.806. The van der Waals surface area contributed by atoms with E-state index in [1.165, 1.54) is 0 Å². The van der Waals surface area contributed by atoms with Crippen molar-refractivity contribution in [2.75, 3.05) is 32.8 Å². The number of ether oxygens (including phenoxy) is 2. The first kappa shape index (κ1) is 26.9. The predicted molar refractivity (Wildman–Crippen MR) is 135 cm³/mol.